The van der Waals surface area contributed by atoms with E-state index in [0.29, 0.717) is 5.92 Å². The smallest absolute Gasteiger partial charge is 0.267 e. The quantitative estimate of drug-likeness (QED) is 0.825. The second kappa shape index (κ2) is 7.82. The molecule has 1 amide bonds. The van der Waals surface area contributed by atoms with E-state index in [1.807, 2.05) is 24.0 Å². The Bertz CT molecular complexity index is 540. The number of rotatable bonds is 7. The minimum absolute atomic E-state index is 0.00206. The van der Waals surface area contributed by atoms with E-state index in [4.69, 9.17) is 10.5 Å². The molecule has 4 nitrogen and oxygen atoms in total. The number of ether oxygens (including phenoxy) is 1. The van der Waals surface area contributed by atoms with Crippen molar-refractivity contribution in [1.29, 1.82) is 0 Å². The Morgan fingerprint density at radius 1 is 1.26 bits per heavy atom. The van der Waals surface area contributed by atoms with Crippen LogP contribution in [0, 0.1) is 5.92 Å². The van der Waals surface area contributed by atoms with Crippen molar-refractivity contribution in [2.75, 3.05) is 11.4 Å². The van der Waals surface area contributed by atoms with Crippen LogP contribution < -0.4 is 15.4 Å². The van der Waals surface area contributed by atoms with Gasteiger partial charge < -0.3 is 15.4 Å². The van der Waals surface area contributed by atoms with Crippen LogP contribution in [0.15, 0.2) is 18.2 Å². The van der Waals surface area contributed by atoms with Crippen molar-refractivity contribution in [2.24, 2.45) is 11.7 Å². The van der Waals surface area contributed by atoms with Gasteiger partial charge in [0, 0.05) is 12.6 Å². The van der Waals surface area contributed by atoms with Crippen molar-refractivity contribution in [3.05, 3.63) is 23.8 Å². The number of amides is 1. The number of nitrogens with zero attached hydrogens (tertiary/aromatic N) is 1. The molecule has 1 aromatic carbocycles. The Morgan fingerprint density at radius 3 is 2.57 bits per heavy atom. The fourth-order valence-electron chi connectivity index (χ4n) is 3.25. The van der Waals surface area contributed by atoms with E-state index in [2.05, 4.69) is 26.8 Å². The molecule has 2 unspecified atom stereocenters. The summed E-state index contributed by atoms with van der Waals surface area (Å²) < 4.78 is 5.77. The Balaban J connectivity index is 2.35. The molecular weight excluding hydrogens is 288 g/mol. The Hall–Kier alpha value is -1.55. The first-order chi connectivity index (χ1) is 11.0. The van der Waals surface area contributed by atoms with Crippen LogP contribution in [0.1, 0.15) is 65.0 Å². The van der Waals surface area contributed by atoms with E-state index in [0.717, 1.165) is 49.2 Å². The first kappa shape index (κ1) is 17.8. The van der Waals surface area contributed by atoms with Crippen molar-refractivity contribution >= 4 is 11.6 Å². The maximum atomic E-state index is 12.5. The molecule has 4 heteroatoms. The van der Waals surface area contributed by atoms with E-state index >= 15 is 0 Å². The molecule has 1 aromatic rings. The summed E-state index contributed by atoms with van der Waals surface area (Å²) in [6, 6.07) is 6.06. The van der Waals surface area contributed by atoms with Gasteiger partial charge in [0.2, 0.25) is 0 Å². The third-order valence-electron chi connectivity index (χ3n) is 4.87. The van der Waals surface area contributed by atoms with Crippen LogP contribution in [-0.2, 0) is 4.79 Å². The standard InChI is InChI=1S/C19H30N2O2/c1-5-8-11-21-16-12-15(18(20)14(6-2)7-3)9-10-17(16)23-13(4)19(21)22/h9-10,12-14,18H,5-8,11,20H2,1-4H3. The highest BCUT2D eigenvalue weighted by atomic mass is 16.5. The van der Waals surface area contributed by atoms with Crippen molar-refractivity contribution in [3.8, 4) is 5.75 Å². The molecule has 0 fully saturated rings. The second-order valence-electron chi connectivity index (χ2n) is 6.43. The molecule has 2 rings (SSSR count). The molecule has 0 saturated heterocycles. The molecular formula is C19H30N2O2. The number of unbranched alkanes of at least 4 members (excludes halogenated alkanes) is 1. The van der Waals surface area contributed by atoms with E-state index in [9.17, 15) is 4.79 Å². The Morgan fingerprint density at radius 2 is 1.96 bits per heavy atom. The normalized spacial score (nSPS) is 18.8. The van der Waals surface area contributed by atoms with Crippen molar-refractivity contribution in [3.63, 3.8) is 0 Å². The topological polar surface area (TPSA) is 55.6 Å². The van der Waals surface area contributed by atoms with Gasteiger partial charge in [-0.3, -0.25) is 4.79 Å². The molecule has 128 valence electrons. The van der Waals surface area contributed by atoms with Gasteiger partial charge in [-0.25, -0.2) is 0 Å². The lowest BCUT2D eigenvalue weighted by Crippen LogP contribution is -2.45. The van der Waals surface area contributed by atoms with Crippen LogP contribution in [0.25, 0.3) is 0 Å². The van der Waals surface area contributed by atoms with E-state index in [1.54, 1.807) is 0 Å². The average Bonchev–Trinajstić information content (AvgIpc) is 2.56. The van der Waals surface area contributed by atoms with Gasteiger partial charge in [-0.05, 0) is 37.0 Å². The van der Waals surface area contributed by atoms with Gasteiger partial charge in [0.25, 0.3) is 5.91 Å². The Kier molecular flexibility index (Phi) is 6.05. The van der Waals surface area contributed by atoms with Gasteiger partial charge >= 0.3 is 0 Å². The molecule has 1 aliphatic heterocycles. The molecule has 0 spiro atoms. The summed E-state index contributed by atoms with van der Waals surface area (Å²) in [5.41, 5.74) is 8.42. The number of hydrogen-bond acceptors (Lipinski definition) is 3. The van der Waals surface area contributed by atoms with Gasteiger partial charge in [-0.2, -0.15) is 0 Å². The third kappa shape index (κ3) is 3.69. The van der Waals surface area contributed by atoms with Crippen LogP contribution >= 0.6 is 0 Å². The van der Waals surface area contributed by atoms with Crippen LogP contribution in [0.2, 0.25) is 0 Å². The Labute approximate surface area is 140 Å². The molecule has 1 aliphatic rings. The molecule has 2 atom stereocenters. The number of hydrogen-bond donors (Lipinski definition) is 1. The predicted octanol–water partition coefficient (Wildman–Crippen LogP) is 4.04. The monoisotopic (exact) mass is 318 g/mol. The zero-order chi connectivity index (χ0) is 17.0. The number of carbonyl (C=O) groups excluding carboxylic acids is 1. The molecule has 23 heavy (non-hydrogen) atoms. The van der Waals surface area contributed by atoms with Crippen LogP contribution in [0.3, 0.4) is 0 Å². The van der Waals surface area contributed by atoms with Crippen LogP contribution in [0.4, 0.5) is 5.69 Å². The lowest BCUT2D eigenvalue weighted by atomic mass is 9.89. The minimum Gasteiger partial charge on any atom is -0.479 e. The lowest BCUT2D eigenvalue weighted by Gasteiger charge is -2.34. The van der Waals surface area contributed by atoms with E-state index < -0.39 is 6.10 Å². The molecule has 2 N–H and O–H groups in total. The van der Waals surface area contributed by atoms with Gasteiger partial charge in [0.1, 0.15) is 5.75 Å². The average molecular weight is 318 g/mol. The summed E-state index contributed by atoms with van der Waals surface area (Å²) in [6.07, 6.45) is 3.74. The fourth-order valence-corrected chi connectivity index (χ4v) is 3.25. The lowest BCUT2D eigenvalue weighted by molar-refractivity contribution is -0.125. The van der Waals surface area contributed by atoms with Crippen LogP contribution in [-0.4, -0.2) is 18.6 Å². The molecule has 0 saturated carbocycles. The number of fused-ring (bicyclic) bond motifs is 1. The van der Waals surface area contributed by atoms with Gasteiger partial charge in [0.05, 0.1) is 5.69 Å². The summed E-state index contributed by atoms with van der Waals surface area (Å²) in [5, 5.41) is 0. The molecule has 0 radical (unpaired) electrons. The SMILES string of the molecule is CCCCN1C(=O)C(C)Oc2ccc(C(N)C(CC)CC)cc21. The summed E-state index contributed by atoms with van der Waals surface area (Å²) in [5.74, 6) is 1.28. The van der Waals surface area contributed by atoms with Crippen LogP contribution in [0.5, 0.6) is 5.75 Å². The van der Waals surface area contributed by atoms with Crippen molar-refractivity contribution in [1.82, 2.24) is 0 Å². The first-order valence-electron chi connectivity index (χ1n) is 8.90. The summed E-state index contributed by atoms with van der Waals surface area (Å²) in [6.45, 7) is 9.03. The molecule has 1 heterocycles. The molecule has 0 aromatic heterocycles. The summed E-state index contributed by atoms with van der Waals surface area (Å²) >= 11 is 0. The maximum Gasteiger partial charge on any atom is 0.267 e. The zero-order valence-electron chi connectivity index (χ0n) is 14.8. The van der Waals surface area contributed by atoms with Gasteiger partial charge in [-0.1, -0.05) is 46.1 Å². The number of anilines is 1. The summed E-state index contributed by atoms with van der Waals surface area (Å²) in [7, 11) is 0. The van der Waals surface area contributed by atoms with Gasteiger partial charge in [0.15, 0.2) is 6.10 Å². The fraction of sp³-hybridized carbons (Fsp3) is 0.632. The van der Waals surface area contributed by atoms with Crippen molar-refractivity contribution < 1.29 is 9.53 Å². The number of carbonyl (C=O) groups is 1. The molecule has 0 bridgehead atoms. The predicted molar refractivity (Wildman–Crippen MR) is 94.8 cm³/mol. The first-order valence-corrected chi connectivity index (χ1v) is 8.90. The summed E-state index contributed by atoms with van der Waals surface area (Å²) in [4.78, 5) is 14.4. The highest BCUT2D eigenvalue weighted by Gasteiger charge is 2.31. The minimum atomic E-state index is -0.419. The molecule has 0 aliphatic carbocycles. The van der Waals surface area contributed by atoms with E-state index in [-0.39, 0.29) is 11.9 Å². The highest BCUT2D eigenvalue weighted by Crippen LogP contribution is 2.37. The second-order valence-corrected chi connectivity index (χ2v) is 6.43. The maximum absolute atomic E-state index is 12.5. The largest absolute Gasteiger partial charge is 0.479 e. The van der Waals surface area contributed by atoms with E-state index in [1.165, 1.54) is 0 Å². The number of benzene rings is 1. The zero-order valence-corrected chi connectivity index (χ0v) is 14.8. The third-order valence-corrected chi connectivity index (χ3v) is 4.87. The van der Waals surface area contributed by atoms with Gasteiger partial charge in [-0.15, -0.1) is 0 Å². The highest BCUT2D eigenvalue weighted by molar-refractivity contribution is 5.99. The number of nitrogens with two attached hydrogens (primary N) is 1. The van der Waals surface area contributed by atoms with Crippen molar-refractivity contribution in [2.45, 2.75) is 65.5 Å².